The standard InChI is InChI=1S/C9H11FN2O/c1-11-12-9(13)6-7-2-4-8(10)5-3-7/h2-5,11H,6H2,1H3,(H,12,13). The molecule has 0 saturated heterocycles. The van der Waals surface area contributed by atoms with E-state index in [1.54, 1.807) is 19.2 Å². The average molecular weight is 182 g/mol. The van der Waals surface area contributed by atoms with Gasteiger partial charge >= 0.3 is 0 Å². The van der Waals surface area contributed by atoms with Gasteiger partial charge in [0.05, 0.1) is 6.42 Å². The highest BCUT2D eigenvalue weighted by Gasteiger charge is 2.01. The maximum atomic E-state index is 12.5. The van der Waals surface area contributed by atoms with E-state index in [-0.39, 0.29) is 18.1 Å². The molecule has 1 rings (SSSR count). The molecule has 0 heterocycles. The zero-order valence-corrected chi connectivity index (χ0v) is 7.30. The van der Waals surface area contributed by atoms with Gasteiger partial charge in [-0.1, -0.05) is 12.1 Å². The largest absolute Gasteiger partial charge is 0.292 e. The molecule has 0 bridgehead atoms. The maximum Gasteiger partial charge on any atom is 0.238 e. The predicted octanol–water partition coefficient (Wildman–Crippen LogP) is 0.619. The highest BCUT2D eigenvalue weighted by atomic mass is 19.1. The van der Waals surface area contributed by atoms with Gasteiger partial charge in [-0.25, -0.2) is 9.82 Å². The first kappa shape index (κ1) is 9.67. The lowest BCUT2D eigenvalue weighted by Crippen LogP contribution is -2.35. The van der Waals surface area contributed by atoms with Crippen LogP contribution >= 0.6 is 0 Å². The molecule has 1 aromatic carbocycles. The van der Waals surface area contributed by atoms with E-state index < -0.39 is 0 Å². The molecule has 4 heteroatoms. The number of hydrogen-bond donors (Lipinski definition) is 2. The van der Waals surface area contributed by atoms with Gasteiger partial charge < -0.3 is 0 Å². The molecule has 0 radical (unpaired) electrons. The summed E-state index contributed by atoms with van der Waals surface area (Å²) in [7, 11) is 1.61. The van der Waals surface area contributed by atoms with Gasteiger partial charge in [-0.2, -0.15) is 0 Å². The molecule has 70 valence electrons. The summed E-state index contributed by atoms with van der Waals surface area (Å²) in [6.07, 6.45) is 0.251. The Balaban J connectivity index is 2.54. The summed E-state index contributed by atoms with van der Waals surface area (Å²) in [4.78, 5) is 11.0. The third-order valence-corrected chi connectivity index (χ3v) is 1.54. The van der Waals surface area contributed by atoms with Crippen LogP contribution in [0.1, 0.15) is 5.56 Å². The zero-order chi connectivity index (χ0) is 9.68. The van der Waals surface area contributed by atoms with Crippen molar-refractivity contribution in [1.29, 1.82) is 0 Å². The van der Waals surface area contributed by atoms with E-state index in [0.29, 0.717) is 0 Å². The van der Waals surface area contributed by atoms with E-state index in [0.717, 1.165) is 5.56 Å². The van der Waals surface area contributed by atoms with Gasteiger partial charge in [0.25, 0.3) is 0 Å². The lowest BCUT2D eigenvalue weighted by Gasteiger charge is -2.02. The Hall–Kier alpha value is -1.42. The van der Waals surface area contributed by atoms with Gasteiger partial charge in [-0.3, -0.25) is 10.2 Å². The number of carbonyl (C=O) groups excluding carboxylic acids is 1. The lowest BCUT2D eigenvalue weighted by molar-refractivity contribution is -0.121. The van der Waals surface area contributed by atoms with Gasteiger partial charge in [0.15, 0.2) is 0 Å². The Labute approximate surface area is 75.9 Å². The van der Waals surface area contributed by atoms with Crippen molar-refractivity contribution in [1.82, 2.24) is 10.9 Å². The van der Waals surface area contributed by atoms with Crippen molar-refractivity contribution in [2.24, 2.45) is 0 Å². The van der Waals surface area contributed by atoms with Crippen molar-refractivity contribution < 1.29 is 9.18 Å². The first-order valence-electron chi connectivity index (χ1n) is 3.92. The molecule has 0 fully saturated rings. The van der Waals surface area contributed by atoms with E-state index in [1.807, 2.05) is 0 Å². The third-order valence-electron chi connectivity index (χ3n) is 1.54. The van der Waals surface area contributed by atoms with E-state index in [2.05, 4.69) is 10.9 Å². The van der Waals surface area contributed by atoms with Crippen LogP contribution in [0.2, 0.25) is 0 Å². The molecule has 2 N–H and O–H groups in total. The minimum atomic E-state index is -0.294. The van der Waals surface area contributed by atoms with Crippen molar-refractivity contribution in [2.45, 2.75) is 6.42 Å². The number of amides is 1. The van der Waals surface area contributed by atoms with E-state index >= 15 is 0 Å². The zero-order valence-electron chi connectivity index (χ0n) is 7.30. The first-order valence-corrected chi connectivity index (χ1v) is 3.92. The second kappa shape index (κ2) is 4.57. The van der Waals surface area contributed by atoms with Crippen molar-refractivity contribution in [3.05, 3.63) is 35.6 Å². The monoisotopic (exact) mass is 182 g/mol. The van der Waals surface area contributed by atoms with Gasteiger partial charge in [0.1, 0.15) is 5.82 Å². The third kappa shape index (κ3) is 3.21. The van der Waals surface area contributed by atoms with Crippen LogP contribution < -0.4 is 10.9 Å². The number of halogens is 1. The Morgan fingerprint density at radius 2 is 2.00 bits per heavy atom. The maximum absolute atomic E-state index is 12.5. The van der Waals surface area contributed by atoms with Crippen LogP contribution in [0.25, 0.3) is 0 Å². The summed E-state index contributed by atoms with van der Waals surface area (Å²) in [5, 5.41) is 0. The first-order chi connectivity index (χ1) is 6.22. The van der Waals surface area contributed by atoms with E-state index in [9.17, 15) is 9.18 Å². The Bertz CT molecular complexity index is 284. The molecular formula is C9H11FN2O. The SMILES string of the molecule is CNNC(=O)Cc1ccc(F)cc1. The second-order valence-corrected chi connectivity index (χ2v) is 2.60. The fourth-order valence-corrected chi connectivity index (χ4v) is 0.971. The Kier molecular flexibility index (Phi) is 3.40. The highest BCUT2D eigenvalue weighted by molar-refractivity contribution is 5.77. The van der Waals surface area contributed by atoms with Crippen molar-refractivity contribution >= 4 is 5.91 Å². The molecule has 0 unspecified atom stereocenters. The predicted molar refractivity (Wildman–Crippen MR) is 47.3 cm³/mol. The fraction of sp³-hybridized carbons (Fsp3) is 0.222. The summed E-state index contributed by atoms with van der Waals surface area (Å²) in [5.74, 6) is -0.438. The van der Waals surface area contributed by atoms with Crippen molar-refractivity contribution in [2.75, 3.05) is 7.05 Å². The summed E-state index contributed by atoms with van der Waals surface area (Å²) >= 11 is 0. The highest BCUT2D eigenvalue weighted by Crippen LogP contribution is 2.02. The summed E-state index contributed by atoms with van der Waals surface area (Å²) < 4.78 is 12.5. The molecule has 0 aliphatic heterocycles. The number of rotatable bonds is 3. The number of nitrogens with one attached hydrogen (secondary N) is 2. The minimum Gasteiger partial charge on any atom is -0.292 e. The summed E-state index contributed by atoms with van der Waals surface area (Å²) in [5.41, 5.74) is 5.74. The molecule has 3 nitrogen and oxygen atoms in total. The molecule has 1 aromatic rings. The number of carbonyl (C=O) groups is 1. The van der Waals surface area contributed by atoms with Crippen LogP contribution in [-0.4, -0.2) is 13.0 Å². The van der Waals surface area contributed by atoms with Crippen LogP contribution in [0.15, 0.2) is 24.3 Å². The van der Waals surface area contributed by atoms with Gasteiger partial charge in [-0.05, 0) is 17.7 Å². The Morgan fingerprint density at radius 1 is 1.38 bits per heavy atom. The molecule has 0 saturated carbocycles. The van der Waals surface area contributed by atoms with Gasteiger partial charge in [-0.15, -0.1) is 0 Å². The number of benzene rings is 1. The number of hydrazine groups is 1. The molecule has 1 amide bonds. The van der Waals surface area contributed by atoms with Gasteiger partial charge in [0.2, 0.25) is 5.91 Å². The quantitative estimate of drug-likeness (QED) is 0.673. The lowest BCUT2D eigenvalue weighted by atomic mass is 10.1. The molecule has 0 aliphatic rings. The minimum absolute atomic E-state index is 0.144. The smallest absolute Gasteiger partial charge is 0.238 e. The van der Waals surface area contributed by atoms with Crippen LogP contribution in [0.3, 0.4) is 0 Å². The molecule has 0 spiro atoms. The average Bonchev–Trinajstić information content (AvgIpc) is 2.09. The molecule has 13 heavy (non-hydrogen) atoms. The van der Waals surface area contributed by atoms with Crippen LogP contribution in [0.5, 0.6) is 0 Å². The second-order valence-electron chi connectivity index (χ2n) is 2.60. The van der Waals surface area contributed by atoms with Crippen molar-refractivity contribution in [3.8, 4) is 0 Å². The number of hydrogen-bond acceptors (Lipinski definition) is 2. The van der Waals surface area contributed by atoms with Gasteiger partial charge in [0, 0.05) is 7.05 Å². The Morgan fingerprint density at radius 3 is 2.54 bits per heavy atom. The topological polar surface area (TPSA) is 41.1 Å². The molecule has 0 aromatic heterocycles. The molecule has 0 atom stereocenters. The summed E-state index contributed by atoms with van der Waals surface area (Å²) in [6.45, 7) is 0. The van der Waals surface area contributed by atoms with E-state index in [1.165, 1.54) is 12.1 Å². The van der Waals surface area contributed by atoms with Crippen LogP contribution in [0.4, 0.5) is 4.39 Å². The van der Waals surface area contributed by atoms with Crippen molar-refractivity contribution in [3.63, 3.8) is 0 Å². The normalized spacial score (nSPS) is 9.69. The summed E-state index contributed by atoms with van der Waals surface area (Å²) in [6, 6.07) is 5.85. The molecular weight excluding hydrogens is 171 g/mol. The van der Waals surface area contributed by atoms with Crippen LogP contribution in [0, 0.1) is 5.82 Å². The fourth-order valence-electron chi connectivity index (χ4n) is 0.971. The van der Waals surface area contributed by atoms with Crippen LogP contribution in [-0.2, 0) is 11.2 Å². The molecule has 0 aliphatic carbocycles. The van der Waals surface area contributed by atoms with E-state index in [4.69, 9.17) is 0 Å².